The number of nitrogen functional groups attached to an aromatic ring is 1. The number of phenolic OH excluding ortho intramolecular Hbond substituents is 5. The maximum atomic E-state index is 12.9. The van der Waals surface area contributed by atoms with Crippen molar-refractivity contribution in [2.75, 3.05) is 21.7 Å². The first kappa shape index (κ1) is 56.1. The number of phenols is 5. The number of anilines is 4. The minimum atomic E-state index is -3.71. The van der Waals surface area contributed by atoms with Gasteiger partial charge < -0.3 is 47.2 Å². The summed E-state index contributed by atoms with van der Waals surface area (Å²) in [5, 5.41) is 59.0. The van der Waals surface area contributed by atoms with Gasteiger partial charge in [-0.25, -0.2) is 8.42 Å². The van der Waals surface area contributed by atoms with Gasteiger partial charge in [-0.05, 0) is 176 Å². The molecule has 0 fully saturated rings. The summed E-state index contributed by atoms with van der Waals surface area (Å²) in [5.74, 6) is 0.0455. The molecule has 0 heterocycles. The third-order valence-corrected chi connectivity index (χ3v) is 16.7. The first-order valence-corrected chi connectivity index (χ1v) is 28.1. The molecule has 0 unspecified atom stereocenters. The van der Waals surface area contributed by atoms with Gasteiger partial charge in [0.15, 0.2) is 0 Å². The van der Waals surface area contributed by atoms with E-state index >= 15 is 0 Å². The van der Waals surface area contributed by atoms with Crippen LogP contribution < -0.4 is 21.7 Å². The van der Waals surface area contributed by atoms with Crippen molar-refractivity contribution in [3.05, 3.63) is 230 Å². The van der Waals surface area contributed by atoms with Gasteiger partial charge in [0.25, 0.3) is 0 Å². The Labute approximate surface area is 470 Å². The largest absolute Gasteiger partial charge is 0.508 e. The molecule has 10 N–H and O–H groups in total. The van der Waals surface area contributed by atoms with Crippen molar-refractivity contribution in [2.24, 2.45) is 0 Å². The Morgan fingerprint density at radius 3 is 1.55 bits per heavy atom. The van der Waals surface area contributed by atoms with Crippen molar-refractivity contribution in [2.45, 2.75) is 49.0 Å². The van der Waals surface area contributed by atoms with E-state index in [0.29, 0.717) is 54.7 Å². The summed E-state index contributed by atoms with van der Waals surface area (Å²) in [6, 6.07) is 57.1. The highest BCUT2D eigenvalue weighted by Gasteiger charge is 2.21. The number of hydrogen-bond donors (Lipinski definition) is 9. The molecule has 11 nitrogen and oxygen atoms in total. The van der Waals surface area contributed by atoms with Gasteiger partial charge in [-0.1, -0.05) is 101 Å². The van der Waals surface area contributed by atoms with Gasteiger partial charge in [-0.2, -0.15) is 0 Å². The van der Waals surface area contributed by atoms with Gasteiger partial charge in [0.05, 0.1) is 30.1 Å². The highest BCUT2D eigenvalue weighted by molar-refractivity contribution is 9.11. The molecule has 9 rings (SSSR count). The summed E-state index contributed by atoms with van der Waals surface area (Å²) in [6.45, 7) is 1.38. The number of aromatic hydroxyl groups is 5. The Morgan fingerprint density at radius 1 is 0.480 bits per heavy atom. The molecule has 0 aliphatic rings. The van der Waals surface area contributed by atoms with E-state index in [1.54, 1.807) is 47.8 Å². The number of rotatable bonds is 15. The Hall–Kier alpha value is -6.63. The number of hydrogen-bond acceptors (Lipinski definition) is 13. The molecule has 9 aromatic rings. The summed E-state index contributed by atoms with van der Waals surface area (Å²) in [5.41, 5.74) is 11.3. The van der Waals surface area contributed by atoms with Crippen LogP contribution in [0.2, 0.25) is 10.0 Å². The van der Waals surface area contributed by atoms with E-state index in [4.69, 9.17) is 28.9 Å². The SMILES string of the molecule is Nc1ccc(Sc2ccc(Cl)cc2)c(CNc2ccc(O)cc2O)c1.O=S(=O)(c1ccc(Cl)cc1)c1ccccc1CNc1ccc(O)cc1O.Oc1c(Br)cc(NCc2ccccc2Sc2ccccc2)cc1Br. The number of halogens is 4. The standard InChI is InChI=1S/C19H15Br2NOS.C19H17ClN2O2S.C19H16ClNO4S/c20-16-10-14(11-17(21)19(16)23)22-12-13-6-4-5-9-18(13)24-15-7-2-1-3-8-15;20-13-1-5-16(6-2-13)25-19-8-3-14(21)9-12(19)11-22-17-7-4-15(23)10-18(17)24;20-14-5-8-16(9-6-14)26(24,25)19-4-2-1-3-13(19)12-21-17-10-7-15(22)11-18(17)23/h1-11,22-23H,12H2;1-10,22-24H,11,21H2;1-11,21-23H,12H2. The van der Waals surface area contributed by atoms with Crippen LogP contribution in [0.15, 0.2) is 232 Å². The molecule has 0 saturated heterocycles. The molecule has 0 radical (unpaired) electrons. The van der Waals surface area contributed by atoms with Crippen LogP contribution in [-0.2, 0) is 29.5 Å². The predicted octanol–water partition coefficient (Wildman–Crippen LogP) is 16.0. The predicted molar refractivity (Wildman–Crippen MR) is 312 cm³/mol. The van der Waals surface area contributed by atoms with E-state index in [2.05, 4.69) is 96.3 Å². The average molecular weight is 1230 g/mol. The lowest BCUT2D eigenvalue weighted by atomic mass is 10.2. The first-order valence-electron chi connectivity index (χ1n) is 22.7. The summed E-state index contributed by atoms with van der Waals surface area (Å²) < 4.78 is 27.2. The molecular formula is C57H48Br2Cl2N4O7S3. The molecule has 9 aromatic carbocycles. The van der Waals surface area contributed by atoms with Crippen molar-refractivity contribution in [3.8, 4) is 28.7 Å². The number of nitrogens with one attached hydrogen (secondary N) is 3. The van der Waals surface area contributed by atoms with Crippen LogP contribution in [0.5, 0.6) is 28.7 Å². The Kier molecular flexibility index (Phi) is 20.0. The molecule has 18 heteroatoms. The third-order valence-electron chi connectivity index (χ3n) is 10.9. The van der Waals surface area contributed by atoms with Crippen molar-refractivity contribution in [1.82, 2.24) is 0 Å². The number of nitrogens with two attached hydrogens (primary N) is 1. The average Bonchev–Trinajstić information content (AvgIpc) is 3.39. The van der Waals surface area contributed by atoms with Crippen LogP contribution in [-0.4, -0.2) is 34.0 Å². The zero-order valence-electron chi connectivity index (χ0n) is 39.5. The van der Waals surface area contributed by atoms with Gasteiger partial charge in [-0.15, -0.1) is 0 Å². The lowest BCUT2D eigenvalue weighted by Gasteiger charge is -2.13. The lowest BCUT2D eigenvalue weighted by molar-refractivity contribution is 0.450. The fraction of sp³-hybridized carbons (Fsp3) is 0.0526. The molecule has 75 heavy (non-hydrogen) atoms. The van der Waals surface area contributed by atoms with Gasteiger partial charge in [-0.3, -0.25) is 0 Å². The van der Waals surface area contributed by atoms with Gasteiger partial charge >= 0.3 is 0 Å². The van der Waals surface area contributed by atoms with Gasteiger partial charge in [0.1, 0.15) is 28.7 Å². The zero-order chi connectivity index (χ0) is 53.5. The zero-order valence-corrected chi connectivity index (χ0v) is 46.6. The minimum absolute atomic E-state index is 0.00388. The fourth-order valence-electron chi connectivity index (χ4n) is 7.07. The lowest BCUT2D eigenvalue weighted by Crippen LogP contribution is -2.09. The quantitative estimate of drug-likeness (QED) is 0.0267. The van der Waals surface area contributed by atoms with Crippen LogP contribution in [0.4, 0.5) is 22.7 Å². The number of sulfone groups is 1. The fourth-order valence-corrected chi connectivity index (χ4v) is 11.9. The molecule has 0 aliphatic carbocycles. The smallest absolute Gasteiger partial charge is 0.206 e. The van der Waals surface area contributed by atoms with Crippen molar-refractivity contribution in [1.29, 1.82) is 0 Å². The molecule has 384 valence electrons. The van der Waals surface area contributed by atoms with E-state index in [0.717, 1.165) is 21.0 Å². The maximum Gasteiger partial charge on any atom is 0.206 e. The van der Waals surface area contributed by atoms with Crippen LogP contribution in [0.25, 0.3) is 0 Å². The summed E-state index contributed by atoms with van der Waals surface area (Å²) in [7, 11) is -3.71. The molecule has 0 aromatic heterocycles. The summed E-state index contributed by atoms with van der Waals surface area (Å²) in [6.07, 6.45) is 0. The molecule has 0 spiro atoms. The normalized spacial score (nSPS) is 10.8. The second-order valence-corrected chi connectivity index (χ2v) is 23.0. The van der Waals surface area contributed by atoms with Crippen molar-refractivity contribution < 1.29 is 34.0 Å². The second kappa shape index (κ2) is 26.7. The van der Waals surface area contributed by atoms with Crippen molar-refractivity contribution in [3.63, 3.8) is 0 Å². The van der Waals surface area contributed by atoms with Crippen LogP contribution in [0, 0.1) is 0 Å². The highest BCUT2D eigenvalue weighted by atomic mass is 79.9. The first-order chi connectivity index (χ1) is 36.0. The summed E-state index contributed by atoms with van der Waals surface area (Å²) >= 11 is 21.9. The Balaban J connectivity index is 0.000000164. The molecule has 0 saturated carbocycles. The van der Waals surface area contributed by atoms with Gasteiger partial charge in [0, 0.05) is 72.8 Å². The molecule has 0 aliphatic heterocycles. The van der Waals surface area contributed by atoms with E-state index in [1.165, 1.54) is 76.0 Å². The van der Waals surface area contributed by atoms with Gasteiger partial charge in [0.2, 0.25) is 9.84 Å². The topological polar surface area (TPSA) is 197 Å². The second-order valence-electron chi connectivity index (χ2n) is 16.3. The molecule has 0 atom stereocenters. The molecule has 0 bridgehead atoms. The third kappa shape index (κ3) is 16.2. The highest BCUT2D eigenvalue weighted by Crippen LogP contribution is 2.38. The van der Waals surface area contributed by atoms with E-state index < -0.39 is 9.84 Å². The van der Waals surface area contributed by atoms with E-state index in [1.807, 2.05) is 60.7 Å². The summed E-state index contributed by atoms with van der Waals surface area (Å²) in [4.78, 5) is 4.91. The molecule has 0 amide bonds. The van der Waals surface area contributed by atoms with E-state index in [-0.39, 0.29) is 45.1 Å². The van der Waals surface area contributed by atoms with Crippen molar-refractivity contribution >= 4 is 111 Å². The minimum Gasteiger partial charge on any atom is -0.508 e. The Bertz CT molecular complexity index is 3470. The van der Waals surface area contributed by atoms with Crippen LogP contribution >= 0.6 is 78.6 Å². The monoisotopic (exact) mass is 1220 g/mol. The number of benzene rings is 9. The van der Waals surface area contributed by atoms with Crippen LogP contribution in [0.3, 0.4) is 0 Å². The maximum absolute atomic E-state index is 12.9. The molecular weight excluding hydrogens is 1180 g/mol. The Morgan fingerprint density at radius 2 is 0.960 bits per heavy atom. The van der Waals surface area contributed by atoms with E-state index in [9.17, 15) is 34.0 Å². The van der Waals surface area contributed by atoms with Crippen LogP contribution in [0.1, 0.15) is 16.7 Å².